The van der Waals surface area contributed by atoms with Gasteiger partial charge >= 0.3 is 0 Å². The highest BCUT2D eigenvalue weighted by Crippen LogP contribution is 2.10. The minimum absolute atomic E-state index is 0.905. The molecule has 0 spiro atoms. The van der Waals surface area contributed by atoms with Crippen LogP contribution in [0.5, 0.6) is 0 Å². The average molecular weight is 283 g/mol. The number of rotatable bonds is 2. The van der Waals surface area contributed by atoms with Crippen molar-refractivity contribution >= 4 is 23.5 Å². The first-order valence-electron chi connectivity index (χ1n) is 6.53. The van der Waals surface area contributed by atoms with Gasteiger partial charge in [0.15, 0.2) is 0 Å². The second-order valence-electron chi connectivity index (χ2n) is 4.31. The molecule has 1 aliphatic carbocycles. The van der Waals surface area contributed by atoms with Gasteiger partial charge in [0, 0.05) is 48.2 Å². The predicted molar refractivity (Wildman–Crippen MR) is 82.6 cm³/mol. The van der Waals surface area contributed by atoms with Crippen molar-refractivity contribution in [2.75, 3.05) is 55.9 Å². The topological polar surface area (TPSA) is 12.5 Å². The SMILES string of the molecule is C1=CC=CC=1CN1CCSCCOCCSCC1. The van der Waals surface area contributed by atoms with Gasteiger partial charge in [-0.1, -0.05) is 6.08 Å². The van der Waals surface area contributed by atoms with Crippen molar-refractivity contribution in [2.45, 2.75) is 0 Å². The van der Waals surface area contributed by atoms with Crippen LogP contribution in [0.25, 0.3) is 0 Å². The van der Waals surface area contributed by atoms with E-state index in [-0.39, 0.29) is 0 Å². The molecule has 0 saturated carbocycles. The van der Waals surface area contributed by atoms with Gasteiger partial charge in [-0.05, 0) is 12.2 Å². The molecule has 1 saturated heterocycles. The van der Waals surface area contributed by atoms with Crippen LogP contribution < -0.4 is 0 Å². The Hall–Kier alpha value is -0.120. The van der Waals surface area contributed by atoms with Crippen LogP contribution >= 0.6 is 23.5 Å². The molecule has 2 aliphatic rings. The van der Waals surface area contributed by atoms with E-state index in [9.17, 15) is 0 Å². The Balaban J connectivity index is 1.77. The number of hydrogen-bond donors (Lipinski definition) is 0. The van der Waals surface area contributed by atoms with Crippen molar-refractivity contribution in [3.63, 3.8) is 0 Å². The standard InChI is InChI=1S/C14H21NOS2/c1-2-4-14(3-1)13-15-5-9-17-11-7-16-8-12-18-10-6-15/h1-3H,5-13H2. The van der Waals surface area contributed by atoms with Crippen molar-refractivity contribution in [3.8, 4) is 0 Å². The lowest BCUT2D eigenvalue weighted by Gasteiger charge is -2.22. The lowest BCUT2D eigenvalue weighted by Crippen LogP contribution is -2.30. The van der Waals surface area contributed by atoms with E-state index in [2.05, 4.69) is 22.8 Å². The molecule has 1 aliphatic heterocycles. The number of hydrogen-bond acceptors (Lipinski definition) is 4. The predicted octanol–water partition coefficient (Wildman–Crippen LogP) is 2.44. The van der Waals surface area contributed by atoms with Crippen molar-refractivity contribution < 1.29 is 4.74 Å². The molecule has 4 heteroatoms. The van der Waals surface area contributed by atoms with Crippen LogP contribution in [0.3, 0.4) is 0 Å². The summed E-state index contributed by atoms with van der Waals surface area (Å²) in [6.07, 6.45) is 6.25. The Kier molecular flexibility index (Phi) is 7.06. The molecule has 0 radical (unpaired) electrons. The van der Waals surface area contributed by atoms with Crippen LogP contribution in [0.1, 0.15) is 0 Å². The summed E-state index contributed by atoms with van der Waals surface area (Å²) in [5, 5.41) is 0. The van der Waals surface area contributed by atoms with Crippen LogP contribution in [0.15, 0.2) is 29.5 Å². The van der Waals surface area contributed by atoms with Gasteiger partial charge in [0.2, 0.25) is 0 Å². The molecule has 1 heterocycles. The Morgan fingerprint density at radius 2 is 1.83 bits per heavy atom. The van der Waals surface area contributed by atoms with Crippen LogP contribution in [-0.4, -0.2) is 60.8 Å². The number of allylic oxidation sites excluding steroid dienone is 1. The molecule has 0 amide bonds. The summed E-state index contributed by atoms with van der Waals surface area (Å²) in [6, 6.07) is 0. The molecular weight excluding hydrogens is 262 g/mol. The second kappa shape index (κ2) is 8.89. The van der Waals surface area contributed by atoms with Gasteiger partial charge in [-0.15, -0.1) is 5.73 Å². The van der Waals surface area contributed by atoms with E-state index >= 15 is 0 Å². The summed E-state index contributed by atoms with van der Waals surface area (Å²) < 4.78 is 5.56. The highest BCUT2D eigenvalue weighted by atomic mass is 32.2. The molecule has 0 atom stereocenters. The van der Waals surface area contributed by atoms with E-state index in [0.29, 0.717) is 0 Å². The van der Waals surface area contributed by atoms with Crippen LogP contribution in [0.4, 0.5) is 0 Å². The van der Waals surface area contributed by atoms with Gasteiger partial charge in [0.1, 0.15) is 0 Å². The van der Waals surface area contributed by atoms with Crippen molar-refractivity contribution in [3.05, 3.63) is 29.5 Å². The van der Waals surface area contributed by atoms with E-state index in [0.717, 1.165) is 31.3 Å². The Bertz CT molecular complexity index is 323. The maximum atomic E-state index is 5.56. The number of thioether (sulfide) groups is 2. The second-order valence-corrected chi connectivity index (χ2v) is 6.76. The van der Waals surface area contributed by atoms with E-state index in [1.54, 1.807) is 0 Å². The van der Waals surface area contributed by atoms with Crippen LogP contribution in [-0.2, 0) is 4.74 Å². The lowest BCUT2D eigenvalue weighted by atomic mass is 10.3. The fraction of sp³-hybridized carbons (Fsp3) is 0.643. The maximum absolute atomic E-state index is 5.56. The zero-order chi connectivity index (χ0) is 12.5. The quantitative estimate of drug-likeness (QED) is 0.721. The van der Waals surface area contributed by atoms with Crippen LogP contribution in [0, 0.1) is 0 Å². The minimum atomic E-state index is 0.905. The van der Waals surface area contributed by atoms with Gasteiger partial charge in [-0.25, -0.2) is 0 Å². The maximum Gasteiger partial charge on any atom is 0.0557 e. The summed E-state index contributed by atoms with van der Waals surface area (Å²) in [5.41, 5.74) is 4.62. The molecule has 0 unspecified atom stereocenters. The number of ether oxygens (including phenoxy) is 1. The van der Waals surface area contributed by atoms with E-state index in [4.69, 9.17) is 4.74 Å². The highest BCUT2D eigenvalue weighted by molar-refractivity contribution is 7.99. The largest absolute Gasteiger partial charge is 0.380 e. The number of nitrogens with zero attached hydrogens (tertiary/aromatic N) is 1. The molecule has 18 heavy (non-hydrogen) atoms. The summed E-state index contributed by atoms with van der Waals surface area (Å²) in [6.45, 7) is 5.20. The molecular formula is C14H21NOS2. The molecule has 100 valence electrons. The fourth-order valence-electron chi connectivity index (χ4n) is 1.91. The summed E-state index contributed by atoms with van der Waals surface area (Å²) >= 11 is 4.00. The third-order valence-corrected chi connectivity index (χ3v) is 4.76. The Morgan fingerprint density at radius 3 is 2.44 bits per heavy atom. The molecule has 0 bridgehead atoms. The third-order valence-electron chi connectivity index (χ3n) is 2.90. The van der Waals surface area contributed by atoms with E-state index in [1.165, 1.54) is 30.2 Å². The first kappa shape index (κ1) is 14.3. The molecule has 0 N–H and O–H groups in total. The van der Waals surface area contributed by atoms with Crippen molar-refractivity contribution in [2.24, 2.45) is 0 Å². The molecule has 0 aromatic carbocycles. The van der Waals surface area contributed by atoms with E-state index in [1.807, 2.05) is 29.6 Å². The fourth-order valence-corrected chi connectivity index (χ4v) is 3.56. The third kappa shape index (κ3) is 5.68. The molecule has 0 aromatic rings. The minimum Gasteiger partial charge on any atom is -0.380 e. The molecule has 2 nitrogen and oxygen atoms in total. The van der Waals surface area contributed by atoms with Gasteiger partial charge < -0.3 is 4.74 Å². The summed E-state index contributed by atoms with van der Waals surface area (Å²) in [5.74, 6) is 4.66. The zero-order valence-corrected chi connectivity index (χ0v) is 12.4. The smallest absolute Gasteiger partial charge is 0.0557 e. The van der Waals surface area contributed by atoms with Gasteiger partial charge in [-0.2, -0.15) is 23.5 Å². The zero-order valence-electron chi connectivity index (χ0n) is 10.8. The first-order chi connectivity index (χ1) is 8.95. The van der Waals surface area contributed by atoms with Crippen molar-refractivity contribution in [1.82, 2.24) is 4.90 Å². The van der Waals surface area contributed by atoms with Crippen molar-refractivity contribution in [1.29, 1.82) is 0 Å². The van der Waals surface area contributed by atoms with Gasteiger partial charge in [-0.3, -0.25) is 4.90 Å². The Labute approximate surface area is 119 Å². The van der Waals surface area contributed by atoms with Gasteiger partial charge in [0.05, 0.1) is 13.2 Å². The van der Waals surface area contributed by atoms with E-state index < -0.39 is 0 Å². The molecule has 1 fully saturated rings. The highest BCUT2D eigenvalue weighted by Gasteiger charge is 2.08. The average Bonchev–Trinajstić information content (AvgIpc) is 2.85. The summed E-state index contributed by atoms with van der Waals surface area (Å²) in [4.78, 5) is 2.55. The summed E-state index contributed by atoms with van der Waals surface area (Å²) in [7, 11) is 0. The monoisotopic (exact) mass is 283 g/mol. The lowest BCUT2D eigenvalue weighted by molar-refractivity contribution is 0.167. The normalized spacial score (nSPS) is 23.4. The van der Waals surface area contributed by atoms with Crippen LogP contribution in [0.2, 0.25) is 0 Å². The molecule has 2 rings (SSSR count). The Morgan fingerprint density at radius 1 is 1.11 bits per heavy atom. The molecule has 0 aromatic heterocycles. The van der Waals surface area contributed by atoms with Gasteiger partial charge in [0.25, 0.3) is 0 Å². The first-order valence-corrected chi connectivity index (χ1v) is 8.84.